The second-order valence-electron chi connectivity index (χ2n) is 6.40. The van der Waals surface area contributed by atoms with E-state index >= 15 is 0 Å². The van der Waals surface area contributed by atoms with Crippen LogP contribution in [0.15, 0.2) is 54.9 Å². The molecule has 1 N–H and O–H groups in total. The Hall–Kier alpha value is -2.15. The van der Waals surface area contributed by atoms with Crippen molar-refractivity contribution in [3.63, 3.8) is 0 Å². The Labute approximate surface area is 184 Å². The smallest absolute Gasteiger partial charge is 0.230 e. The number of aryl methyl sites for hydroxylation is 1. The molecule has 2 aromatic carbocycles. The highest BCUT2D eigenvalue weighted by Crippen LogP contribution is 2.26. The maximum absolute atomic E-state index is 12.6. The molecule has 0 aliphatic carbocycles. The molecule has 8 heteroatoms. The maximum Gasteiger partial charge on any atom is 0.230 e. The van der Waals surface area contributed by atoms with Crippen LogP contribution in [0.4, 0.5) is 0 Å². The van der Waals surface area contributed by atoms with Crippen molar-refractivity contribution in [1.29, 1.82) is 0 Å². The molecule has 0 aliphatic rings. The molecule has 0 saturated heterocycles. The molecule has 152 valence electrons. The molecule has 1 aromatic heterocycles. The van der Waals surface area contributed by atoms with Crippen LogP contribution in [0.2, 0.25) is 10.0 Å². The quantitative estimate of drug-likeness (QED) is 0.532. The number of imidazole rings is 1. The highest BCUT2D eigenvalue weighted by atomic mass is 35.5. The molecule has 3 aromatic rings. The third-order valence-electron chi connectivity index (χ3n) is 4.38. The molecule has 5 nitrogen and oxygen atoms in total. The van der Waals surface area contributed by atoms with E-state index in [0.717, 1.165) is 22.7 Å². The summed E-state index contributed by atoms with van der Waals surface area (Å²) >= 11 is 13.6. The first-order chi connectivity index (χ1) is 14.0. The van der Waals surface area contributed by atoms with Gasteiger partial charge in [0.15, 0.2) is 0 Å². The largest absolute Gasteiger partial charge is 0.497 e. The number of ether oxygens (including phenoxy) is 1. The van der Waals surface area contributed by atoms with Crippen LogP contribution in [0.25, 0.3) is 0 Å². The number of aromatic nitrogens is 2. The lowest BCUT2D eigenvalue weighted by molar-refractivity contribution is -0.119. The fraction of sp³-hybridized carbons (Fsp3) is 0.238. The number of halogens is 2. The Morgan fingerprint density at radius 2 is 2.00 bits per heavy atom. The molecule has 0 bridgehead atoms. The first-order valence-electron chi connectivity index (χ1n) is 8.90. The normalized spacial score (nSPS) is 11.9. The minimum atomic E-state index is -0.354. The van der Waals surface area contributed by atoms with Gasteiger partial charge >= 0.3 is 0 Å². The van der Waals surface area contributed by atoms with E-state index in [1.54, 1.807) is 25.4 Å². The zero-order valence-corrected chi connectivity index (χ0v) is 18.4. The number of hydrogen-bond donors (Lipinski definition) is 1. The van der Waals surface area contributed by atoms with Gasteiger partial charge < -0.3 is 14.6 Å². The average molecular weight is 450 g/mol. The number of nitrogens with zero attached hydrogens (tertiary/aromatic N) is 2. The van der Waals surface area contributed by atoms with Gasteiger partial charge in [-0.3, -0.25) is 4.79 Å². The van der Waals surface area contributed by atoms with Crippen LogP contribution in [0.3, 0.4) is 0 Å². The topological polar surface area (TPSA) is 56.1 Å². The number of methoxy groups -OCH3 is 1. The van der Waals surface area contributed by atoms with Gasteiger partial charge in [0.25, 0.3) is 0 Å². The third kappa shape index (κ3) is 5.69. The van der Waals surface area contributed by atoms with E-state index in [2.05, 4.69) is 10.3 Å². The first-order valence-corrected chi connectivity index (χ1v) is 10.8. The number of benzene rings is 2. The molecule has 0 aliphatic heterocycles. The van der Waals surface area contributed by atoms with Gasteiger partial charge in [-0.25, -0.2) is 4.98 Å². The standard InChI is InChI=1S/C21H21Cl2N3O2S/c1-26-10-9-24-21(26)20(14-4-7-17(28-2)8-5-14)25-19(27)13-29-12-15-3-6-16(22)11-18(15)23/h3-11,20H,12-13H2,1-2H3,(H,25,27). The summed E-state index contributed by atoms with van der Waals surface area (Å²) in [6.45, 7) is 0. The zero-order valence-electron chi connectivity index (χ0n) is 16.1. The SMILES string of the molecule is COc1ccc(C(NC(=O)CSCc2ccc(Cl)cc2Cl)c2nccn2C)cc1. The van der Waals surface area contributed by atoms with Crippen LogP contribution in [-0.2, 0) is 17.6 Å². The predicted octanol–water partition coefficient (Wildman–Crippen LogP) is 4.87. The fourth-order valence-electron chi connectivity index (χ4n) is 2.84. The summed E-state index contributed by atoms with van der Waals surface area (Å²) in [5.41, 5.74) is 1.88. The molecular weight excluding hydrogens is 429 g/mol. The van der Waals surface area contributed by atoms with Gasteiger partial charge in [-0.1, -0.05) is 41.4 Å². The molecule has 0 spiro atoms. The molecule has 1 unspecified atom stereocenters. The Morgan fingerprint density at radius 1 is 1.24 bits per heavy atom. The van der Waals surface area contributed by atoms with E-state index in [4.69, 9.17) is 27.9 Å². The molecule has 0 saturated carbocycles. The van der Waals surface area contributed by atoms with E-state index in [0.29, 0.717) is 21.6 Å². The molecule has 3 rings (SSSR count). The third-order valence-corrected chi connectivity index (χ3v) is 5.95. The van der Waals surface area contributed by atoms with Gasteiger partial charge in [0, 0.05) is 35.2 Å². The monoisotopic (exact) mass is 449 g/mol. The van der Waals surface area contributed by atoms with E-state index in [-0.39, 0.29) is 11.9 Å². The van der Waals surface area contributed by atoms with Gasteiger partial charge in [0.1, 0.15) is 17.6 Å². The number of rotatable bonds is 8. The van der Waals surface area contributed by atoms with Crippen LogP contribution < -0.4 is 10.1 Å². The molecule has 1 heterocycles. The Morgan fingerprint density at radius 3 is 2.62 bits per heavy atom. The molecule has 29 heavy (non-hydrogen) atoms. The number of carbonyl (C=O) groups excluding carboxylic acids is 1. The van der Waals surface area contributed by atoms with Crippen molar-refractivity contribution < 1.29 is 9.53 Å². The summed E-state index contributed by atoms with van der Waals surface area (Å²) < 4.78 is 7.12. The minimum absolute atomic E-state index is 0.0797. The van der Waals surface area contributed by atoms with E-state index in [9.17, 15) is 4.79 Å². The summed E-state index contributed by atoms with van der Waals surface area (Å²) in [6.07, 6.45) is 3.57. The minimum Gasteiger partial charge on any atom is -0.497 e. The van der Waals surface area contributed by atoms with Crippen molar-refractivity contribution >= 4 is 40.9 Å². The summed E-state index contributed by atoms with van der Waals surface area (Å²) in [7, 11) is 3.53. The van der Waals surface area contributed by atoms with Crippen LogP contribution in [-0.4, -0.2) is 28.3 Å². The van der Waals surface area contributed by atoms with Crippen LogP contribution in [0.1, 0.15) is 23.0 Å². The van der Waals surface area contributed by atoms with Crippen molar-refractivity contribution in [2.45, 2.75) is 11.8 Å². The number of hydrogen-bond acceptors (Lipinski definition) is 4. The average Bonchev–Trinajstić information content (AvgIpc) is 3.13. The van der Waals surface area contributed by atoms with Gasteiger partial charge in [-0.2, -0.15) is 0 Å². The van der Waals surface area contributed by atoms with Gasteiger partial charge in [-0.05, 0) is 35.4 Å². The van der Waals surface area contributed by atoms with Crippen molar-refractivity contribution in [1.82, 2.24) is 14.9 Å². The maximum atomic E-state index is 12.6. The number of nitrogens with one attached hydrogen (secondary N) is 1. The Balaban J connectivity index is 1.67. The zero-order chi connectivity index (χ0) is 20.8. The molecule has 0 radical (unpaired) electrons. The second kappa shape index (κ2) is 10.1. The number of carbonyl (C=O) groups is 1. The highest BCUT2D eigenvalue weighted by molar-refractivity contribution is 7.99. The number of amides is 1. The van der Waals surface area contributed by atoms with E-state index < -0.39 is 0 Å². The lowest BCUT2D eigenvalue weighted by Gasteiger charge is -2.19. The van der Waals surface area contributed by atoms with Gasteiger partial charge in [-0.15, -0.1) is 11.8 Å². The van der Waals surface area contributed by atoms with Crippen LogP contribution >= 0.6 is 35.0 Å². The van der Waals surface area contributed by atoms with E-state index in [1.165, 1.54) is 11.8 Å². The second-order valence-corrected chi connectivity index (χ2v) is 8.23. The summed E-state index contributed by atoms with van der Waals surface area (Å²) in [6, 6.07) is 12.6. The van der Waals surface area contributed by atoms with Gasteiger partial charge in [0.05, 0.1) is 12.9 Å². The Bertz CT molecular complexity index is 976. The van der Waals surface area contributed by atoms with Gasteiger partial charge in [0.2, 0.25) is 5.91 Å². The molecular formula is C21H21Cl2N3O2S. The van der Waals surface area contributed by atoms with Crippen molar-refractivity contribution in [3.8, 4) is 5.75 Å². The lowest BCUT2D eigenvalue weighted by Crippen LogP contribution is -2.32. The highest BCUT2D eigenvalue weighted by Gasteiger charge is 2.21. The molecule has 0 fully saturated rings. The lowest BCUT2D eigenvalue weighted by atomic mass is 10.1. The summed E-state index contributed by atoms with van der Waals surface area (Å²) in [5.74, 6) is 2.36. The Kier molecular flexibility index (Phi) is 7.47. The fourth-order valence-corrected chi connectivity index (χ4v) is 4.24. The van der Waals surface area contributed by atoms with Crippen LogP contribution in [0, 0.1) is 0 Å². The van der Waals surface area contributed by atoms with Crippen molar-refractivity contribution in [2.75, 3.05) is 12.9 Å². The first kappa shape index (κ1) is 21.6. The summed E-state index contributed by atoms with van der Waals surface area (Å²) in [4.78, 5) is 17.1. The number of thioether (sulfide) groups is 1. The summed E-state index contributed by atoms with van der Waals surface area (Å²) in [5, 5.41) is 4.29. The molecule has 1 atom stereocenters. The van der Waals surface area contributed by atoms with Crippen LogP contribution in [0.5, 0.6) is 5.75 Å². The van der Waals surface area contributed by atoms with Crippen molar-refractivity contribution in [2.24, 2.45) is 7.05 Å². The van der Waals surface area contributed by atoms with Crippen molar-refractivity contribution in [3.05, 3.63) is 81.9 Å². The van der Waals surface area contributed by atoms with E-state index in [1.807, 2.05) is 48.1 Å². The molecule has 1 amide bonds. The predicted molar refractivity (Wildman–Crippen MR) is 119 cm³/mol.